The minimum absolute atomic E-state index is 0.113. The Morgan fingerprint density at radius 3 is 2.67 bits per heavy atom. The Labute approximate surface area is 170 Å². The number of benzene rings is 1. The number of fused-ring (bicyclic) bond motifs is 1. The predicted molar refractivity (Wildman–Crippen MR) is 103 cm³/mol. The zero-order valence-electron chi connectivity index (χ0n) is 16.3. The van der Waals surface area contributed by atoms with E-state index in [2.05, 4.69) is 25.4 Å². The highest BCUT2D eigenvalue weighted by atomic mass is 19.1. The van der Waals surface area contributed by atoms with Crippen LogP contribution in [0.15, 0.2) is 30.6 Å². The Hall–Kier alpha value is -3.43. The van der Waals surface area contributed by atoms with E-state index in [1.165, 1.54) is 16.6 Å². The van der Waals surface area contributed by atoms with Gasteiger partial charge in [-0.3, -0.25) is 4.68 Å². The predicted octanol–water partition coefficient (Wildman–Crippen LogP) is 3.43. The summed E-state index contributed by atoms with van der Waals surface area (Å²) in [4.78, 5) is 4.18. The zero-order chi connectivity index (χ0) is 20.7. The molecule has 0 amide bonds. The lowest BCUT2D eigenvalue weighted by Gasteiger charge is -2.15. The van der Waals surface area contributed by atoms with Crippen molar-refractivity contribution in [2.45, 2.75) is 38.2 Å². The quantitative estimate of drug-likeness (QED) is 0.500. The van der Waals surface area contributed by atoms with Gasteiger partial charge in [-0.05, 0) is 37.0 Å². The summed E-state index contributed by atoms with van der Waals surface area (Å²) in [5.41, 5.74) is 1.55. The van der Waals surface area contributed by atoms with E-state index in [1.807, 2.05) is 6.07 Å². The van der Waals surface area contributed by atoms with Crippen molar-refractivity contribution in [3.05, 3.63) is 53.6 Å². The number of halogens is 2. The molecule has 0 spiro atoms. The van der Waals surface area contributed by atoms with Gasteiger partial charge in [-0.25, -0.2) is 13.8 Å². The molecule has 1 saturated carbocycles. The van der Waals surface area contributed by atoms with Crippen molar-refractivity contribution in [3.8, 4) is 17.3 Å². The molecule has 3 heterocycles. The monoisotopic (exact) mass is 411 g/mol. The highest BCUT2D eigenvalue weighted by molar-refractivity contribution is 5.60. The molecule has 0 unspecified atom stereocenters. The van der Waals surface area contributed by atoms with Crippen LogP contribution in [0.3, 0.4) is 0 Å². The smallest absolute Gasteiger partial charge is 0.235 e. The van der Waals surface area contributed by atoms with E-state index in [-0.39, 0.29) is 18.0 Å². The van der Waals surface area contributed by atoms with Crippen LogP contribution in [-0.4, -0.2) is 34.6 Å². The maximum absolute atomic E-state index is 14.3. The SMILES string of the molecule is Cn1cnc(COc2nn3c(-c4ccc(F)cc4F)nnc3cc2C2CCCC2)n1. The average Bonchev–Trinajstić information content (AvgIpc) is 3.47. The topological polar surface area (TPSA) is 83.0 Å². The molecule has 0 atom stereocenters. The van der Waals surface area contributed by atoms with Crippen LogP contribution in [0, 0.1) is 11.6 Å². The summed E-state index contributed by atoms with van der Waals surface area (Å²) in [5.74, 6) is 0.0634. The van der Waals surface area contributed by atoms with Crippen molar-refractivity contribution in [3.63, 3.8) is 0 Å². The molecule has 3 aromatic heterocycles. The summed E-state index contributed by atoms with van der Waals surface area (Å²) in [6, 6.07) is 5.21. The highest BCUT2D eigenvalue weighted by Gasteiger charge is 2.25. The van der Waals surface area contributed by atoms with Crippen molar-refractivity contribution in [1.29, 1.82) is 0 Å². The lowest BCUT2D eigenvalue weighted by molar-refractivity contribution is 0.274. The van der Waals surface area contributed by atoms with Crippen molar-refractivity contribution in [2.75, 3.05) is 0 Å². The minimum atomic E-state index is -0.730. The first kappa shape index (κ1) is 18.6. The van der Waals surface area contributed by atoms with Crippen molar-refractivity contribution >= 4 is 5.65 Å². The fourth-order valence-corrected chi connectivity index (χ4v) is 3.89. The molecule has 1 aliphatic rings. The van der Waals surface area contributed by atoms with E-state index in [1.54, 1.807) is 18.1 Å². The second kappa shape index (κ2) is 7.43. The van der Waals surface area contributed by atoms with E-state index in [0.717, 1.165) is 37.3 Å². The molecule has 10 heteroatoms. The molecule has 0 bridgehead atoms. The van der Waals surface area contributed by atoms with Gasteiger partial charge in [0.25, 0.3) is 0 Å². The third-order valence-electron chi connectivity index (χ3n) is 5.34. The molecular formula is C20H19F2N7O. The molecule has 4 aromatic rings. The molecule has 30 heavy (non-hydrogen) atoms. The Kier molecular flexibility index (Phi) is 4.61. The Bertz CT molecular complexity index is 1210. The van der Waals surface area contributed by atoms with Crippen molar-refractivity contribution < 1.29 is 13.5 Å². The van der Waals surface area contributed by atoms with Gasteiger partial charge in [0.05, 0.1) is 5.56 Å². The van der Waals surface area contributed by atoms with Gasteiger partial charge in [0.1, 0.15) is 18.0 Å². The number of nitrogens with zero attached hydrogens (tertiary/aromatic N) is 7. The number of rotatable bonds is 5. The number of ether oxygens (including phenoxy) is 1. The van der Waals surface area contributed by atoms with Crippen LogP contribution in [0.4, 0.5) is 8.78 Å². The summed E-state index contributed by atoms with van der Waals surface area (Å²) >= 11 is 0. The number of aromatic nitrogens is 7. The first-order valence-electron chi connectivity index (χ1n) is 9.77. The van der Waals surface area contributed by atoms with Crippen LogP contribution < -0.4 is 4.74 Å². The molecule has 0 saturated heterocycles. The van der Waals surface area contributed by atoms with Crippen LogP contribution >= 0.6 is 0 Å². The van der Waals surface area contributed by atoms with E-state index in [4.69, 9.17) is 4.74 Å². The summed E-state index contributed by atoms with van der Waals surface area (Å²) in [5, 5.41) is 17.1. The Morgan fingerprint density at radius 1 is 1.10 bits per heavy atom. The molecule has 1 aromatic carbocycles. The molecule has 1 aliphatic carbocycles. The summed E-state index contributed by atoms with van der Waals surface area (Å²) in [6.07, 6.45) is 5.99. The number of aryl methyl sites for hydroxylation is 1. The second-order valence-corrected chi connectivity index (χ2v) is 7.43. The van der Waals surface area contributed by atoms with E-state index >= 15 is 0 Å². The standard InChI is InChI=1S/C20H19F2N7O/c1-28-11-23-17(26-28)10-30-20-15(12-4-2-3-5-12)9-18-24-25-19(29(18)27-20)14-7-6-13(21)8-16(14)22/h6-9,11-12H,2-5,10H2,1H3. The molecule has 8 nitrogen and oxygen atoms in total. The summed E-state index contributed by atoms with van der Waals surface area (Å²) in [6.45, 7) is 0.154. The molecule has 0 N–H and O–H groups in total. The van der Waals surface area contributed by atoms with Gasteiger partial charge in [-0.1, -0.05) is 12.8 Å². The molecule has 0 aliphatic heterocycles. The summed E-state index contributed by atoms with van der Waals surface area (Å²) in [7, 11) is 1.78. The normalized spacial score (nSPS) is 14.6. The Morgan fingerprint density at radius 2 is 1.93 bits per heavy atom. The highest BCUT2D eigenvalue weighted by Crippen LogP contribution is 2.39. The zero-order valence-corrected chi connectivity index (χ0v) is 16.3. The van der Waals surface area contributed by atoms with Crippen LogP contribution in [-0.2, 0) is 13.7 Å². The van der Waals surface area contributed by atoms with Crippen molar-refractivity contribution in [2.24, 2.45) is 7.05 Å². The van der Waals surface area contributed by atoms with Gasteiger partial charge in [0.2, 0.25) is 5.88 Å². The average molecular weight is 411 g/mol. The first-order chi connectivity index (χ1) is 14.6. The second-order valence-electron chi connectivity index (χ2n) is 7.43. The number of hydrogen-bond donors (Lipinski definition) is 0. The maximum atomic E-state index is 14.3. The van der Waals surface area contributed by atoms with Crippen LogP contribution in [0.25, 0.3) is 17.0 Å². The van der Waals surface area contributed by atoms with Gasteiger partial charge in [0.15, 0.2) is 23.9 Å². The first-order valence-corrected chi connectivity index (χ1v) is 9.77. The summed E-state index contributed by atoms with van der Waals surface area (Å²) < 4.78 is 36.7. The Balaban J connectivity index is 1.58. The largest absolute Gasteiger partial charge is 0.468 e. The van der Waals surface area contributed by atoms with Gasteiger partial charge >= 0.3 is 0 Å². The molecule has 0 radical (unpaired) electrons. The van der Waals surface area contributed by atoms with E-state index in [9.17, 15) is 8.78 Å². The third kappa shape index (κ3) is 3.38. The lowest BCUT2D eigenvalue weighted by atomic mass is 9.99. The van der Waals surface area contributed by atoms with Crippen LogP contribution in [0.5, 0.6) is 5.88 Å². The lowest BCUT2D eigenvalue weighted by Crippen LogP contribution is -2.08. The number of hydrogen-bond acceptors (Lipinski definition) is 6. The van der Waals surface area contributed by atoms with Gasteiger partial charge in [0, 0.05) is 18.7 Å². The molecule has 5 rings (SSSR count). The van der Waals surface area contributed by atoms with Gasteiger partial charge in [-0.15, -0.1) is 15.3 Å². The minimum Gasteiger partial charge on any atom is -0.468 e. The van der Waals surface area contributed by atoms with Gasteiger partial charge < -0.3 is 4.74 Å². The van der Waals surface area contributed by atoms with Crippen LogP contribution in [0.2, 0.25) is 0 Å². The molecular weight excluding hydrogens is 392 g/mol. The van der Waals surface area contributed by atoms with Crippen molar-refractivity contribution in [1.82, 2.24) is 34.6 Å². The van der Waals surface area contributed by atoms with E-state index < -0.39 is 11.6 Å². The fraction of sp³-hybridized carbons (Fsp3) is 0.350. The molecule has 154 valence electrons. The maximum Gasteiger partial charge on any atom is 0.235 e. The van der Waals surface area contributed by atoms with Crippen LogP contribution in [0.1, 0.15) is 43.0 Å². The van der Waals surface area contributed by atoms with E-state index in [0.29, 0.717) is 23.3 Å². The third-order valence-corrected chi connectivity index (χ3v) is 5.34. The molecule has 1 fully saturated rings. The fourth-order valence-electron chi connectivity index (χ4n) is 3.89. The van der Waals surface area contributed by atoms with Gasteiger partial charge in [-0.2, -0.15) is 9.61 Å².